The summed E-state index contributed by atoms with van der Waals surface area (Å²) >= 11 is 3.60. The van der Waals surface area contributed by atoms with Gasteiger partial charge in [-0.2, -0.15) is 0 Å². The summed E-state index contributed by atoms with van der Waals surface area (Å²) in [6.45, 7) is 7.16. The minimum absolute atomic E-state index is 0.0147. The number of piperazine rings is 1. The molecular weight excluding hydrogens is 366 g/mol. The van der Waals surface area contributed by atoms with Crippen LogP contribution in [0.2, 0.25) is 0 Å². The molecule has 0 spiro atoms. The van der Waals surface area contributed by atoms with Gasteiger partial charge >= 0.3 is 6.03 Å². The van der Waals surface area contributed by atoms with E-state index in [1.807, 2.05) is 49.1 Å². The number of carbonyl (C=O) groups is 1. The van der Waals surface area contributed by atoms with E-state index in [2.05, 4.69) is 38.3 Å². The zero-order chi connectivity index (χ0) is 17.1. The first-order valence-corrected chi connectivity index (χ1v) is 8.97. The Bertz CT molecular complexity index is 719. The molecule has 0 bridgehead atoms. The SMILES string of the molecule is Cc1cccc(C)c1NC(=O)N1CCN(c2ccccc2Br)CC1. The van der Waals surface area contributed by atoms with E-state index in [-0.39, 0.29) is 6.03 Å². The van der Waals surface area contributed by atoms with Gasteiger partial charge in [-0.3, -0.25) is 0 Å². The lowest BCUT2D eigenvalue weighted by molar-refractivity contribution is 0.208. The van der Waals surface area contributed by atoms with Crippen LogP contribution in [0, 0.1) is 13.8 Å². The van der Waals surface area contributed by atoms with E-state index in [0.29, 0.717) is 0 Å². The van der Waals surface area contributed by atoms with E-state index in [0.717, 1.165) is 47.5 Å². The van der Waals surface area contributed by atoms with Crippen LogP contribution in [-0.2, 0) is 0 Å². The summed E-state index contributed by atoms with van der Waals surface area (Å²) in [6, 6.07) is 14.3. The average Bonchev–Trinajstić information content (AvgIpc) is 2.59. The molecule has 0 unspecified atom stereocenters. The summed E-state index contributed by atoms with van der Waals surface area (Å²) in [5, 5.41) is 3.07. The van der Waals surface area contributed by atoms with Gasteiger partial charge in [0.1, 0.15) is 0 Å². The van der Waals surface area contributed by atoms with E-state index < -0.39 is 0 Å². The number of hydrogen-bond donors (Lipinski definition) is 1. The second-order valence-electron chi connectivity index (χ2n) is 6.12. The van der Waals surface area contributed by atoms with Gasteiger partial charge < -0.3 is 15.1 Å². The highest BCUT2D eigenvalue weighted by Gasteiger charge is 2.22. The molecular formula is C19H22BrN3O. The highest BCUT2D eigenvalue weighted by molar-refractivity contribution is 9.10. The van der Waals surface area contributed by atoms with E-state index >= 15 is 0 Å². The molecule has 2 aromatic carbocycles. The minimum atomic E-state index is -0.0147. The Hall–Kier alpha value is -2.01. The standard InChI is InChI=1S/C19H22BrN3O/c1-14-6-5-7-15(2)18(14)21-19(24)23-12-10-22(11-13-23)17-9-4-3-8-16(17)20/h3-9H,10-13H2,1-2H3,(H,21,24). The Kier molecular flexibility index (Phi) is 5.09. The van der Waals surface area contributed by atoms with Crippen molar-refractivity contribution in [1.82, 2.24) is 4.90 Å². The third kappa shape index (κ3) is 3.56. The lowest BCUT2D eigenvalue weighted by Gasteiger charge is -2.36. The van der Waals surface area contributed by atoms with Crippen molar-refractivity contribution in [1.29, 1.82) is 0 Å². The maximum Gasteiger partial charge on any atom is 0.321 e. The van der Waals surface area contributed by atoms with Gasteiger partial charge in [-0.25, -0.2) is 4.79 Å². The molecule has 126 valence electrons. The van der Waals surface area contributed by atoms with Gasteiger partial charge in [0.2, 0.25) is 0 Å². The number of hydrogen-bond acceptors (Lipinski definition) is 2. The molecule has 1 aliphatic rings. The molecule has 2 amide bonds. The molecule has 24 heavy (non-hydrogen) atoms. The summed E-state index contributed by atoms with van der Waals surface area (Å²) in [7, 11) is 0. The molecule has 0 radical (unpaired) electrons. The quantitative estimate of drug-likeness (QED) is 0.827. The van der Waals surface area contributed by atoms with Crippen molar-refractivity contribution in [2.75, 3.05) is 36.4 Å². The van der Waals surface area contributed by atoms with E-state index in [4.69, 9.17) is 0 Å². The molecule has 5 heteroatoms. The predicted molar refractivity (Wildman–Crippen MR) is 103 cm³/mol. The molecule has 3 rings (SSSR count). The zero-order valence-corrected chi connectivity index (χ0v) is 15.6. The molecule has 1 aliphatic heterocycles. The molecule has 1 heterocycles. The summed E-state index contributed by atoms with van der Waals surface area (Å²) in [5.41, 5.74) is 4.30. The maximum absolute atomic E-state index is 12.6. The fourth-order valence-corrected chi connectivity index (χ4v) is 3.59. The van der Waals surface area contributed by atoms with Crippen LogP contribution in [0.4, 0.5) is 16.2 Å². The molecule has 0 aliphatic carbocycles. The fraction of sp³-hybridized carbons (Fsp3) is 0.316. The minimum Gasteiger partial charge on any atom is -0.367 e. The normalized spacial score (nSPS) is 14.6. The number of aryl methyl sites for hydroxylation is 2. The first kappa shape index (κ1) is 16.8. The lowest BCUT2D eigenvalue weighted by atomic mass is 10.1. The number of benzene rings is 2. The molecule has 4 nitrogen and oxygen atoms in total. The van der Waals surface area contributed by atoms with Crippen molar-refractivity contribution in [2.45, 2.75) is 13.8 Å². The van der Waals surface area contributed by atoms with E-state index in [9.17, 15) is 4.79 Å². The number of nitrogens with zero attached hydrogens (tertiary/aromatic N) is 2. The summed E-state index contributed by atoms with van der Waals surface area (Å²) in [5.74, 6) is 0. The number of amides is 2. The van der Waals surface area contributed by atoms with E-state index in [1.165, 1.54) is 5.69 Å². The largest absolute Gasteiger partial charge is 0.367 e. The molecule has 2 aromatic rings. The Morgan fingerprint density at radius 3 is 2.21 bits per heavy atom. The van der Waals surface area contributed by atoms with Gasteiger partial charge in [0.25, 0.3) is 0 Å². The molecule has 0 saturated carbocycles. The highest BCUT2D eigenvalue weighted by atomic mass is 79.9. The van der Waals surface area contributed by atoms with Crippen molar-refractivity contribution in [2.24, 2.45) is 0 Å². The number of nitrogens with one attached hydrogen (secondary N) is 1. The third-order valence-electron chi connectivity index (χ3n) is 4.47. The number of rotatable bonds is 2. The third-order valence-corrected chi connectivity index (χ3v) is 5.14. The first-order chi connectivity index (χ1) is 11.6. The zero-order valence-electron chi connectivity index (χ0n) is 14.1. The van der Waals surface area contributed by atoms with Gasteiger partial charge in [0.05, 0.1) is 5.69 Å². The van der Waals surface area contributed by atoms with Gasteiger partial charge in [-0.05, 0) is 53.0 Å². The summed E-state index contributed by atoms with van der Waals surface area (Å²) in [4.78, 5) is 16.8. The Labute approximate surface area is 151 Å². The highest BCUT2D eigenvalue weighted by Crippen LogP contribution is 2.27. The van der Waals surface area contributed by atoms with Crippen LogP contribution in [0.5, 0.6) is 0 Å². The first-order valence-electron chi connectivity index (χ1n) is 8.18. The summed E-state index contributed by atoms with van der Waals surface area (Å²) in [6.07, 6.45) is 0. The lowest BCUT2D eigenvalue weighted by Crippen LogP contribution is -2.50. The predicted octanol–water partition coefficient (Wildman–Crippen LogP) is 4.42. The number of para-hydroxylation sites is 2. The maximum atomic E-state index is 12.6. The second kappa shape index (κ2) is 7.26. The Morgan fingerprint density at radius 2 is 1.58 bits per heavy atom. The summed E-state index contributed by atoms with van der Waals surface area (Å²) < 4.78 is 1.10. The van der Waals surface area contributed by atoms with Crippen LogP contribution in [0.3, 0.4) is 0 Å². The smallest absolute Gasteiger partial charge is 0.321 e. The van der Waals surface area contributed by atoms with Crippen LogP contribution in [0.25, 0.3) is 0 Å². The Balaban J connectivity index is 1.62. The van der Waals surface area contributed by atoms with Gasteiger partial charge in [-0.1, -0.05) is 30.3 Å². The van der Waals surface area contributed by atoms with Gasteiger partial charge in [0, 0.05) is 36.3 Å². The van der Waals surface area contributed by atoms with Crippen LogP contribution in [0.15, 0.2) is 46.9 Å². The van der Waals surface area contributed by atoms with Crippen molar-refractivity contribution >= 4 is 33.3 Å². The molecule has 0 aromatic heterocycles. The molecule has 1 N–H and O–H groups in total. The van der Waals surface area contributed by atoms with Gasteiger partial charge in [0.15, 0.2) is 0 Å². The van der Waals surface area contributed by atoms with Gasteiger partial charge in [-0.15, -0.1) is 0 Å². The Morgan fingerprint density at radius 1 is 0.958 bits per heavy atom. The second-order valence-corrected chi connectivity index (χ2v) is 6.98. The average molecular weight is 388 g/mol. The van der Waals surface area contributed by atoms with E-state index in [1.54, 1.807) is 0 Å². The fourth-order valence-electron chi connectivity index (χ4n) is 3.06. The molecule has 0 atom stereocenters. The van der Waals surface area contributed by atoms with Crippen LogP contribution < -0.4 is 10.2 Å². The number of halogens is 1. The monoisotopic (exact) mass is 387 g/mol. The van der Waals surface area contributed by atoms with Crippen LogP contribution in [-0.4, -0.2) is 37.1 Å². The molecule has 1 saturated heterocycles. The van der Waals surface area contributed by atoms with Crippen molar-refractivity contribution < 1.29 is 4.79 Å². The number of carbonyl (C=O) groups excluding carboxylic acids is 1. The van der Waals surface area contributed by atoms with Crippen molar-refractivity contribution in [3.8, 4) is 0 Å². The molecule has 1 fully saturated rings. The number of anilines is 2. The van der Waals surface area contributed by atoms with Crippen molar-refractivity contribution in [3.63, 3.8) is 0 Å². The van der Waals surface area contributed by atoms with Crippen LogP contribution in [0.1, 0.15) is 11.1 Å². The topological polar surface area (TPSA) is 35.6 Å². The van der Waals surface area contributed by atoms with Crippen molar-refractivity contribution in [3.05, 3.63) is 58.1 Å². The van der Waals surface area contributed by atoms with Crippen LogP contribution >= 0.6 is 15.9 Å². The number of urea groups is 1.